The van der Waals surface area contributed by atoms with Crippen molar-refractivity contribution in [2.75, 3.05) is 6.61 Å². The third-order valence-corrected chi connectivity index (χ3v) is 9.96. The first kappa shape index (κ1) is 18.2. The lowest BCUT2D eigenvalue weighted by Crippen LogP contribution is -2.56. The Bertz CT molecular complexity index is 656. The van der Waals surface area contributed by atoms with E-state index < -0.39 is 0 Å². The average molecular weight is 373 g/mol. The largest absolute Gasteiger partial charge is 0.463 e. The molecule has 4 aliphatic carbocycles. The summed E-state index contributed by atoms with van der Waals surface area (Å²) in [4.78, 5) is 11.4. The topological polar surface area (TPSA) is 35.5 Å². The summed E-state index contributed by atoms with van der Waals surface area (Å²) < 4.78 is 12.0. The molecule has 27 heavy (non-hydrogen) atoms. The van der Waals surface area contributed by atoms with E-state index in [9.17, 15) is 4.79 Å². The van der Waals surface area contributed by atoms with Crippen LogP contribution in [0.2, 0.25) is 0 Å². The van der Waals surface area contributed by atoms with Gasteiger partial charge in [-0.15, -0.1) is 0 Å². The van der Waals surface area contributed by atoms with E-state index in [1.165, 1.54) is 44.9 Å². The third kappa shape index (κ3) is 2.46. The average Bonchev–Trinajstić information content (AvgIpc) is 3.21. The molecule has 1 aliphatic heterocycles. The van der Waals surface area contributed by atoms with Crippen LogP contribution in [-0.4, -0.2) is 24.3 Å². The van der Waals surface area contributed by atoms with E-state index in [0.29, 0.717) is 10.8 Å². The molecule has 8 unspecified atom stereocenters. The molecular weight excluding hydrogens is 336 g/mol. The summed E-state index contributed by atoms with van der Waals surface area (Å²) in [5.41, 5.74) is 0.815. The van der Waals surface area contributed by atoms with Gasteiger partial charge in [-0.25, -0.2) is 0 Å². The predicted molar refractivity (Wildman–Crippen MR) is 105 cm³/mol. The molecule has 4 saturated carbocycles. The summed E-state index contributed by atoms with van der Waals surface area (Å²) in [5, 5.41) is 0. The number of carbonyl (C=O) groups is 1. The molecule has 0 amide bonds. The lowest BCUT2D eigenvalue weighted by atomic mass is 9.44. The maximum absolute atomic E-state index is 11.4. The number of hydrogen-bond acceptors (Lipinski definition) is 3. The van der Waals surface area contributed by atoms with Gasteiger partial charge in [0, 0.05) is 12.3 Å². The third-order valence-electron chi connectivity index (χ3n) is 9.96. The first-order valence-electron chi connectivity index (χ1n) is 11.4. The summed E-state index contributed by atoms with van der Waals surface area (Å²) >= 11 is 0. The molecule has 0 N–H and O–H groups in total. The van der Waals surface area contributed by atoms with E-state index in [0.717, 1.165) is 43.1 Å². The van der Waals surface area contributed by atoms with E-state index >= 15 is 0 Å². The zero-order valence-electron chi connectivity index (χ0n) is 17.3. The molecule has 0 aromatic heterocycles. The maximum Gasteiger partial charge on any atom is 0.302 e. The molecule has 0 aromatic rings. The van der Waals surface area contributed by atoms with Crippen LogP contribution >= 0.6 is 0 Å². The molecule has 0 bridgehead atoms. The van der Waals surface area contributed by atoms with Crippen LogP contribution in [0.15, 0.2) is 12.2 Å². The fourth-order valence-electron chi connectivity index (χ4n) is 8.59. The highest BCUT2D eigenvalue weighted by molar-refractivity contribution is 5.66. The number of esters is 1. The highest BCUT2D eigenvalue weighted by Gasteiger charge is 2.65. The molecule has 150 valence electrons. The second-order valence-electron chi connectivity index (χ2n) is 10.8. The van der Waals surface area contributed by atoms with Crippen molar-refractivity contribution in [3.05, 3.63) is 12.2 Å². The molecule has 0 aromatic carbocycles. The zero-order chi connectivity index (χ0) is 18.9. The molecule has 0 radical (unpaired) electrons. The number of carbonyl (C=O) groups excluding carboxylic acids is 1. The standard InChI is InChI=1S/C24H36O3/c1-16(25)27-18-7-11-22(2)17(15-18)5-6-19-20(22)8-12-23(3)21(19)9-13-24(23)10-4-14-26-24/h4,10,17-21H,5-9,11-15H2,1-3H3. The van der Waals surface area contributed by atoms with Gasteiger partial charge in [0.2, 0.25) is 0 Å². The normalized spacial score (nSPS) is 53.7. The van der Waals surface area contributed by atoms with E-state index in [4.69, 9.17) is 9.47 Å². The summed E-state index contributed by atoms with van der Waals surface area (Å²) in [7, 11) is 0. The van der Waals surface area contributed by atoms with Gasteiger partial charge in [0.1, 0.15) is 6.10 Å². The maximum atomic E-state index is 11.4. The second-order valence-corrected chi connectivity index (χ2v) is 10.8. The fraction of sp³-hybridized carbons (Fsp3) is 0.875. The number of hydrogen-bond donors (Lipinski definition) is 0. The second kappa shape index (κ2) is 6.08. The Hall–Kier alpha value is -0.830. The van der Waals surface area contributed by atoms with E-state index in [1.807, 2.05) is 0 Å². The Morgan fingerprint density at radius 2 is 1.85 bits per heavy atom. The van der Waals surface area contributed by atoms with E-state index in [2.05, 4.69) is 26.0 Å². The van der Waals surface area contributed by atoms with Crippen molar-refractivity contribution in [3.63, 3.8) is 0 Å². The van der Waals surface area contributed by atoms with Crippen LogP contribution in [0.4, 0.5) is 0 Å². The summed E-state index contributed by atoms with van der Waals surface area (Å²) in [5.74, 6) is 3.18. The van der Waals surface area contributed by atoms with Crippen LogP contribution in [0.25, 0.3) is 0 Å². The van der Waals surface area contributed by atoms with Gasteiger partial charge in [-0.05, 0) is 86.9 Å². The van der Waals surface area contributed by atoms with Crippen LogP contribution in [0.3, 0.4) is 0 Å². The zero-order valence-corrected chi connectivity index (χ0v) is 17.3. The molecule has 0 saturated heterocycles. The molecule has 3 nitrogen and oxygen atoms in total. The molecular formula is C24H36O3. The molecule has 4 fully saturated rings. The van der Waals surface area contributed by atoms with Gasteiger partial charge in [-0.3, -0.25) is 4.79 Å². The summed E-state index contributed by atoms with van der Waals surface area (Å²) in [6.45, 7) is 7.50. The minimum atomic E-state index is -0.105. The van der Waals surface area contributed by atoms with Gasteiger partial charge in [-0.1, -0.05) is 26.0 Å². The van der Waals surface area contributed by atoms with Crippen LogP contribution in [0.5, 0.6) is 0 Å². The smallest absolute Gasteiger partial charge is 0.302 e. The number of rotatable bonds is 1. The monoisotopic (exact) mass is 372 g/mol. The van der Waals surface area contributed by atoms with Crippen molar-refractivity contribution in [3.8, 4) is 0 Å². The fourth-order valence-corrected chi connectivity index (χ4v) is 8.59. The molecule has 3 heteroatoms. The highest BCUT2D eigenvalue weighted by Crippen LogP contribution is 2.69. The highest BCUT2D eigenvalue weighted by atomic mass is 16.5. The van der Waals surface area contributed by atoms with Crippen LogP contribution in [-0.2, 0) is 14.3 Å². The van der Waals surface area contributed by atoms with Crippen molar-refractivity contribution < 1.29 is 14.3 Å². The Labute approximate surface area is 164 Å². The van der Waals surface area contributed by atoms with Crippen molar-refractivity contribution in [2.24, 2.45) is 34.5 Å². The van der Waals surface area contributed by atoms with Gasteiger partial charge in [-0.2, -0.15) is 0 Å². The SMILES string of the molecule is CC(=O)OC1CCC2(C)C(CCC3C2CCC2(C)C3CCC23C=CCO3)C1. The first-order chi connectivity index (χ1) is 12.9. The predicted octanol–water partition coefficient (Wildman–Crippen LogP) is 5.29. The summed E-state index contributed by atoms with van der Waals surface area (Å²) in [6.07, 6.45) is 16.2. The molecule has 1 spiro atoms. The van der Waals surface area contributed by atoms with Gasteiger partial charge >= 0.3 is 5.97 Å². The minimum absolute atomic E-state index is 0.0351. The Balaban J connectivity index is 1.38. The van der Waals surface area contributed by atoms with E-state index in [1.54, 1.807) is 6.92 Å². The van der Waals surface area contributed by atoms with Gasteiger partial charge in [0.05, 0.1) is 12.2 Å². The molecule has 1 heterocycles. The van der Waals surface area contributed by atoms with Crippen LogP contribution in [0.1, 0.15) is 78.6 Å². The lowest BCUT2D eigenvalue weighted by molar-refractivity contribution is -0.167. The lowest BCUT2D eigenvalue weighted by Gasteiger charge is -2.61. The van der Waals surface area contributed by atoms with Gasteiger partial charge in [0.25, 0.3) is 0 Å². The van der Waals surface area contributed by atoms with Crippen molar-refractivity contribution >= 4 is 5.97 Å². The van der Waals surface area contributed by atoms with Crippen LogP contribution < -0.4 is 0 Å². The van der Waals surface area contributed by atoms with E-state index in [-0.39, 0.29) is 17.7 Å². The van der Waals surface area contributed by atoms with Crippen LogP contribution in [0, 0.1) is 34.5 Å². The Morgan fingerprint density at radius 3 is 2.59 bits per heavy atom. The summed E-state index contributed by atoms with van der Waals surface area (Å²) in [6, 6.07) is 0. The first-order valence-corrected chi connectivity index (χ1v) is 11.4. The number of fused-ring (bicyclic) bond motifs is 6. The Kier molecular flexibility index (Phi) is 4.10. The minimum Gasteiger partial charge on any atom is -0.463 e. The quantitative estimate of drug-likeness (QED) is 0.464. The molecule has 8 atom stereocenters. The van der Waals surface area contributed by atoms with Crippen molar-refractivity contribution in [1.29, 1.82) is 0 Å². The van der Waals surface area contributed by atoms with Crippen molar-refractivity contribution in [2.45, 2.75) is 90.3 Å². The Morgan fingerprint density at radius 1 is 1.04 bits per heavy atom. The number of ether oxygens (including phenoxy) is 2. The van der Waals surface area contributed by atoms with Gasteiger partial charge < -0.3 is 9.47 Å². The van der Waals surface area contributed by atoms with Gasteiger partial charge in [0.15, 0.2) is 0 Å². The molecule has 5 rings (SSSR count). The molecule has 5 aliphatic rings. The van der Waals surface area contributed by atoms with Crippen molar-refractivity contribution in [1.82, 2.24) is 0 Å².